The van der Waals surface area contributed by atoms with E-state index in [2.05, 4.69) is 10.3 Å². The Bertz CT molecular complexity index is 1600. The fourth-order valence-electron chi connectivity index (χ4n) is 5.45. The summed E-state index contributed by atoms with van der Waals surface area (Å²) in [5.41, 5.74) is 2.85. The molecule has 0 bridgehead atoms. The van der Waals surface area contributed by atoms with Gasteiger partial charge in [0.05, 0.1) is 21.8 Å². The third-order valence-electron chi connectivity index (χ3n) is 7.93. The second kappa shape index (κ2) is 11.2. The number of halogens is 1. The number of aromatic nitrogens is 3. The van der Waals surface area contributed by atoms with Crippen molar-refractivity contribution in [3.05, 3.63) is 68.4 Å². The van der Waals surface area contributed by atoms with Gasteiger partial charge in [-0.3, -0.25) is 13.9 Å². The van der Waals surface area contributed by atoms with Crippen LogP contribution in [0.4, 0.5) is 0 Å². The van der Waals surface area contributed by atoms with Crippen LogP contribution in [0.15, 0.2) is 47.4 Å². The molecule has 0 saturated carbocycles. The van der Waals surface area contributed by atoms with E-state index in [1.807, 2.05) is 49.7 Å². The van der Waals surface area contributed by atoms with Gasteiger partial charge in [-0.05, 0) is 75.1 Å². The highest BCUT2D eigenvalue weighted by atomic mass is 35.5. The molecule has 2 aromatic carbocycles. The first-order chi connectivity index (χ1) is 19.4. The summed E-state index contributed by atoms with van der Waals surface area (Å²) in [5.74, 6) is -1.01. The lowest BCUT2D eigenvalue weighted by atomic mass is 9.72. The lowest BCUT2D eigenvalue weighted by Crippen LogP contribution is -2.34. The number of carboxylic acid groups (broad SMARTS) is 1. The first kappa shape index (κ1) is 29.8. The topological polar surface area (TPSA) is 121 Å². The van der Waals surface area contributed by atoms with Crippen molar-refractivity contribution < 1.29 is 23.7 Å². The van der Waals surface area contributed by atoms with E-state index < -0.39 is 28.1 Å². The standard InChI is InChI=1S/C29H35ClN4O5S2/c1-6-19-16-33(41(37,38)24-11-9-8-10-22(24)39-19)15-18-14-23(40-27(18)30)25(29(4,5)28(35)36)20-12-13-21-26(17(20)3)31-32-34(21)7-2/h8-14,19,25,37-38H,6-7,15-16H2,1-5H3,(H,35,36). The van der Waals surface area contributed by atoms with Gasteiger partial charge in [0.25, 0.3) is 0 Å². The molecule has 0 aliphatic carbocycles. The van der Waals surface area contributed by atoms with Crippen molar-refractivity contribution in [1.29, 1.82) is 0 Å². The van der Waals surface area contributed by atoms with E-state index in [0.717, 1.165) is 27.0 Å². The Morgan fingerprint density at radius 2 is 1.98 bits per heavy atom. The number of rotatable bonds is 8. The third kappa shape index (κ3) is 5.24. The Morgan fingerprint density at radius 3 is 2.66 bits per heavy atom. The van der Waals surface area contributed by atoms with Crippen LogP contribution >= 0.6 is 33.7 Å². The van der Waals surface area contributed by atoms with E-state index in [0.29, 0.717) is 40.1 Å². The summed E-state index contributed by atoms with van der Waals surface area (Å²) in [6.07, 6.45) is 0.439. The molecular weight excluding hydrogens is 584 g/mol. The molecule has 4 aromatic rings. The van der Waals surface area contributed by atoms with Crippen LogP contribution in [0.5, 0.6) is 5.75 Å². The number of hydrogen-bond acceptors (Lipinski definition) is 8. The predicted octanol–water partition coefficient (Wildman–Crippen LogP) is 7.41. The number of aryl methyl sites for hydroxylation is 2. The van der Waals surface area contributed by atoms with Gasteiger partial charge in [-0.1, -0.05) is 41.9 Å². The number of aliphatic carboxylic acids is 1. The summed E-state index contributed by atoms with van der Waals surface area (Å²) in [6.45, 7) is 10.5. The van der Waals surface area contributed by atoms with Gasteiger partial charge in [-0.25, -0.2) is 4.68 Å². The Kier molecular flexibility index (Phi) is 8.14. The van der Waals surface area contributed by atoms with Gasteiger partial charge >= 0.3 is 5.97 Å². The molecule has 220 valence electrons. The molecular formula is C29H35ClN4O5S2. The van der Waals surface area contributed by atoms with Crippen LogP contribution in [0.1, 0.15) is 61.6 Å². The zero-order valence-corrected chi connectivity index (χ0v) is 26.1. The number of thiophene rings is 1. The number of benzene rings is 2. The van der Waals surface area contributed by atoms with Gasteiger partial charge in [-0.2, -0.15) is 4.31 Å². The van der Waals surface area contributed by atoms with Gasteiger partial charge in [0.2, 0.25) is 0 Å². The Hall–Kier alpha value is -2.67. The number of ether oxygens (including phenoxy) is 1. The molecule has 0 radical (unpaired) electrons. The van der Waals surface area contributed by atoms with Gasteiger partial charge in [0, 0.05) is 23.9 Å². The van der Waals surface area contributed by atoms with Crippen molar-refractivity contribution >= 4 is 50.7 Å². The SMILES string of the molecule is CCC1CN(Cc2cc(C(c3ccc4c(nnn4CC)c3C)C(C)(C)C(=O)O)sc2Cl)S(O)(O)c2ccccc2O1. The van der Waals surface area contributed by atoms with Crippen LogP contribution in [0.25, 0.3) is 11.0 Å². The molecule has 0 fully saturated rings. The maximum atomic E-state index is 12.6. The predicted molar refractivity (Wildman–Crippen MR) is 163 cm³/mol. The molecule has 2 unspecified atom stereocenters. The summed E-state index contributed by atoms with van der Waals surface area (Å²) in [5, 5.41) is 19.0. The van der Waals surface area contributed by atoms with E-state index in [1.54, 1.807) is 36.4 Å². The zero-order chi connectivity index (χ0) is 29.7. The number of para-hydroxylation sites is 1. The van der Waals surface area contributed by atoms with E-state index in [-0.39, 0.29) is 12.6 Å². The first-order valence-corrected chi connectivity index (χ1v) is 16.2. The molecule has 3 heterocycles. The lowest BCUT2D eigenvalue weighted by Gasteiger charge is -2.41. The molecule has 0 saturated heterocycles. The minimum Gasteiger partial charge on any atom is -0.487 e. The maximum Gasteiger partial charge on any atom is 0.310 e. The molecule has 1 aliphatic heterocycles. The van der Waals surface area contributed by atoms with E-state index in [9.17, 15) is 19.0 Å². The number of fused-ring (bicyclic) bond motifs is 2. The number of hydrogen-bond donors (Lipinski definition) is 3. The Labute approximate surface area is 250 Å². The van der Waals surface area contributed by atoms with E-state index in [1.165, 1.54) is 11.3 Å². The van der Waals surface area contributed by atoms with Gasteiger partial charge in [0.15, 0.2) is 0 Å². The smallest absolute Gasteiger partial charge is 0.310 e. The molecule has 0 spiro atoms. The fraction of sp³-hybridized carbons (Fsp3) is 0.414. The van der Waals surface area contributed by atoms with Crippen molar-refractivity contribution in [3.8, 4) is 5.75 Å². The van der Waals surface area contributed by atoms with Gasteiger partial charge < -0.3 is 9.84 Å². The molecule has 2 atom stereocenters. The van der Waals surface area contributed by atoms with Crippen molar-refractivity contribution in [2.75, 3.05) is 6.54 Å². The van der Waals surface area contributed by atoms with Crippen LogP contribution in [0.3, 0.4) is 0 Å². The second-order valence-electron chi connectivity index (χ2n) is 10.9. The summed E-state index contributed by atoms with van der Waals surface area (Å²) in [4.78, 5) is 13.7. The molecule has 3 N–H and O–H groups in total. The van der Waals surface area contributed by atoms with Crippen LogP contribution < -0.4 is 4.74 Å². The number of nitrogens with zero attached hydrogens (tertiary/aromatic N) is 4. The number of carbonyl (C=O) groups is 1. The van der Waals surface area contributed by atoms with Crippen LogP contribution in [-0.2, 0) is 17.9 Å². The van der Waals surface area contributed by atoms with Crippen molar-refractivity contribution in [1.82, 2.24) is 19.3 Å². The highest BCUT2D eigenvalue weighted by Gasteiger charge is 2.42. The average molecular weight is 619 g/mol. The number of carboxylic acids is 1. The van der Waals surface area contributed by atoms with Crippen molar-refractivity contribution in [2.45, 2.75) is 71.0 Å². The highest BCUT2D eigenvalue weighted by molar-refractivity contribution is 8.22. The second-order valence-corrected chi connectivity index (χ2v) is 14.6. The molecule has 1 aliphatic rings. The Morgan fingerprint density at radius 1 is 1.24 bits per heavy atom. The monoisotopic (exact) mass is 618 g/mol. The van der Waals surface area contributed by atoms with Crippen molar-refractivity contribution in [2.24, 2.45) is 5.41 Å². The summed E-state index contributed by atoms with van der Waals surface area (Å²) >= 11 is 8.14. The van der Waals surface area contributed by atoms with Crippen LogP contribution in [0.2, 0.25) is 4.34 Å². The average Bonchev–Trinajstić information content (AvgIpc) is 3.49. The van der Waals surface area contributed by atoms with Crippen LogP contribution in [0, 0.1) is 12.3 Å². The minimum atomic E-state index is -3.37. The lowest BCUT2D eigenvalue weighted by molar-refractivity contribution is -0.147. The van der Waals surface area contributed by atoms with Crippen LogP contribution in [-0.4, -0.2) is 52.1 Å². The quantitative estimate of drug-likeness (QED) is 0.187. The molecule has 9 nitrogen and oxygen atoms in total. The fourth-order valence-corrected chi connectivity index (χ4v) is 8.65. The molecule has 12 heteroatoms. The molecule has 2 aromatic heterocycles. The zero-order valence-electron chi connectivity index (χ0n) is 23.7. The van der Waals surface area contributed by atoms with E-state index >= 15 is 0 Å². The van der Waals surface area contributed by atoms with E-state index in [4.69, 9.17) is 16.3 Å². The Balaban J connectivity index is 1.58. The molecule has 41 heavy (non-hydrogen) atoms. The van der Waals surface area contributed by atoms with Gasteiger partial charge in [-0.15, -0.1) is 27.2 Å². The largest absolute Gasteiger partial charge is 0.487 e. The first-order valence-electron chi connectivity index (χ1n) is 13.5. The summed E-state index contributed by atoms with van der Waals surface area (Å²) < 4.78 is 32.9. The minimum absolute atomic E-state index is 0.162. The molecule has 0 amide bonds. The summed E-state index contributed by atoms with van der Waals surface area (Å²) in [7, 11) is -3.37. The maximum absolute atomic E-state index is 12.6. The molecule has 5 rings (SSSR count). The van der Waals surface area contributed by atoms with Gasteiger partial charge in [0.1, 0.15) is 22.3 Å². The highest BCUT2D eigenvalue weighted by Crippen LogP contribution is 2.58. The third-order valence-corrected chi connectivity index (χ3v) is 11.4. The normalized spacial score (nSPS) is 18.9. The van der Waals surface area contributed by atoms with Crippen molar-refractivity contribution in [3.63, 3.8) is 0 Å². The summed E-state index contributed by atoms with van der Waals surface area (Å²) in [6, 6.07) is 12.8.